The Morgan fingerprint density at radius 3 is 2.43 bits per heavy atom. The van der Waals surface area contributed by atoms with E-state index in [0.29, 0.717) is 17.7 Å². The molecule has 0 aliphatic carbocycles. The van der Waals surface area contributed by atoms with E-state index < -0.39 is 17.6 Å². The number of rotatable bonds is 5. The summed E-state index contributed by atoms with van der Waals surface area (Å²) in [5.74, 6) is -1.71. The van der Waals surface area contributed by atoms with E-state index in [4.69, 9.17) is 0 Å². The SMILES string of the molecule is Cc1ccc(F)cc1NC(=O)c1ccc2c(c1)C(=O)N(CCc1ccccc1)C2=O. The largest absolute Gasteiger partial charge is 0.322 e. The van der Waals surface area contributed by atoms with Crippen LogP contribution in [-0.4, -0.2) is 29.2 Å². The van der Waals surface area contributed by atoms with Crippen LogP contribution in [0.4, 0.5) is 10.1 Å². The van der Waals surface area contributed by atoms with E-state index >= 15 is 0 Å². The van der Waals surface area contributed by atoms with Gasteiger partial charge < -0.3 is 5.32 Å². The Balaban J connectivity index is 1.52. The van der Waals surface area contributed by atoms with E-state index in [0.717, 1.165) is 5.56 Å². The van der Waals surface area contributed by atoms with Gasteiger partial charge in [-0.1, -0.05) is 36.4 Å². The number of benzene rings is 3. The van der Waals surface area contributed by atoms with Crippen LogP contribution in [0.25, 0.3) is 0 Å². The molecule has 0 spiro atoms. The molecule has 4 rings (SSSR count). The summed E-state index contributed by atoms with van der Waals surface area (Å²) >= 11 is 0. The lowest BCUT2D eigenvalue weighted by Crippen LogP contribution is -2.31. The van der Waals surface area contributed by atoms with Gasteiger partial charge in [0.1, 0.15) is 5.82 Å². The number of amides is 3. The maximum atomic E-state index is 13.5. The summed E-state index contributed by atoms with van der Waals surface area (Å²) in [4.78, 5) is 39.2. The fourth-order valence-electron chi connectivity index (χ4n) is 3.44. The van der Waals surface area contributed by atoms with E-state index in [2.05, 4.69) is 5.32 Å². The number of aryl methyl sites for hydroxylation is 1. The average Bonchev–Trinajstić information content (AvgIpc) is 2.99. The van der Waals surface area contributed by atoms with Crippen molar-refractivity contribution in [2.45, 2.75) is 13.3 Å². The molecular weight excluding hydrogens is 383 g/mol. The molecule has 30 heavy (non-hydrogen) atoms. The first-order chi connectivity index (χ1) is 14.4. The summed E-state index contributed by atoms with van der Waals surface area (Å²) in [7, 11) is 0. The van der Waals surface area contributed by atoms with Crippen molar-refractivity contribution in [3.8, 4) is 0 Å². The Hall–Kier alpha value is -3.80. The monoisotopic (exact) mass is 402 g/mol. The van der Waals surface area contributed by atoms with Gasteiger partial charge in [0.05, 0.1) is 11.1 Å². The van der Waals surface area contributed by atoms with E-state index in [1.807, 2.05) is 30.3 Å². The fraction of sp³-hybridized carbons (Fsp3) is 0.125. The minimum atomic E-state index is -0.477. The maximum absolute atomic E-state index is 13.5. The number of fused-ring (bicyclic) bond motifs is 1. The van der Waals surface area contributed by atoms with Crippen molar-refractivity contribution >= 4 is 23.4 Å². The molecule has 1 aliphatic rings. The molecule has 5 nitrogen and oxygen atoms in total. The van der Waals surface area contributed by atoms with Crippen LogP contribution < -0.4 is 5.32 Å². The molecule has 0 aromatic heterocycles. The normalized spacial score (nSPS) is 12.8. The quantitative estimate of drug-likeness (QED) is 0.650. The number of halogens is 1. The molecule has 150 valence electrons. The lowest BCUT2D eigenvalue weighted by atomic mass is 10.0. The van der Waals surface area contributed by atoms with Crippen molar-refractivity contribution < 1.29 is 18.8 Å². The van der Waals surface area contributed by atoms with Crippen molar-refractivity contribution in [3.05, 3.63) is 100 Å². The van der Waals surface area contributed by atoms with Crippen LogP contribution in [0.1, 0.15) is 42.2 Å². The van der Waals surface area contributed by atoms with Crippen molar-refractivity contribution in [1.82, 2.24) is 4.90 Å². The van der Waals surface area contributed by atoms with Gasteiger partial charge in [0.25, 0.3) is 17.7 Å². The summed E-state index contributed by atoms with van der Waals surface area (Å²) in [5.41, 5.74) is 2.81. The van der Waals surface area contributed by atoms with Gasteiger partial charge in [0.2, 0.25) is 0 Å². The van der Waals surface area contributed by atoms with Crippen LogP contribution in [0.2, 0.25) is 0 Å². The topological polar surface area (TPSA) is 66.5 Å². The molecule has 0 unspecified atom stereocenters. The van der Waals surface area contributed by atoms with Gasteiger partial charge in [-0.3, -0.25) is 19.3 Å². The van der Waals surface area contributed by atoms with E-state index in [-0.39, 0.29) is 29.1 Å². The summed E-state index contributed by atoms with van der Waals surface area (Å²) in [6.07, 6.45) is 0.554. The molecule has 0 bridgehead atoms. The zero-order chi connectivity index (χ0) is 21.3. The predicted molar refractivity (Wildman–Crippen MR) is 111 cm³/mol. The number of hydrogen-bond donors (Lipinski definition) is 1. The molecular formula is C24H19FN2O3. The minimum Gasteiger partial charge on any atom is -0.322 e. The number of nitrogens with zero attached hydrogens (tertiary/aromatic N) is 1. The highest BCUT2D eigenvalue weighted by molar-refractivity contribution is 6.22. The molecule has 0 saturated heterocycles. The second-order valence-corrected chi connectivity index (χ2v) is 7.17. The molecule has 3 aromatic rings. The lowest BCUT2D eigenvalue weighted by molar-refractivity contribution is 0.0656. The molecule has 3 aromatic carbocycles. The van der Waals surface area contributed by atoms with Crippen LogP contribution in [0, 0.1) is 12.7 Å². The summed E-state index contributed by atoms with van der Waals surface area (Å²) in [6, 6.07) is 18.1. The molecule has 0 radical (unpaired) electrons. The van der Waals surface area contributed by atoms with Gasteiger partial charge in [0.15, 0.2) is 0 Å². The summed E-state index contributed by atoms with van der Waals surface area (Å²) < 4.78 is 13.5. The zero-order valence-electron chi connectivity index (χ0n) is 16.3. The number of carbonyl (C=O) groups is 3. The highest BCUT2D eigenvalue weighted by atomic mass is 19.1. The molecule has 1 N–H and O–H groups in total. The van der Waals surface area contributed by atoms with E-state index in [9.17, 15) is 18.8 Å². The van der Waals surface area contributed by atoms with Crippen LogP contribution in [0.3, 0.4) is 0 Å². The Kier molecular flexibility index (Phi) is 5.14. The number of nitrogens with one attached hydrogen (secondary N) is 1. The third-order valence-electron chi connectivity index (χ3n) is 5.15. The lowest BCUT2D eigenvalue weighted by Gasteiger charge is -2.13. The average molecular weight is 402 g/mol. The first-order valence-corrected chi connectivity index (χ1v) is 9.56. The smallest absolute Gasteiger partial charge is 0.261 e. The van der Waals surface area contributed by atoms with Gasteiger partial charge >= 0.3 is 0 Å². The highest BCUT2D eigenvalue weighted by Crippen LogP contribution is 2.25. The number of imide groups is 1. The van der Waals surface area contributed by atoms with Crippen LogP contribution in [0.15, 0.2) is 66.7 Å². The third-order valence-corrected chi connectivity index (χ3v) is 5.15. The van der Waals surface area contributed by atoms with Crippen molar-refractivity contribution in [2.75, 3.05) is 11.9 Å². The van der Waals surface area contributed by atoms with Crippen molar-refractivity contribution in [1.29, 1.82) is 0 Å². The maximum Gasteiger partial charge on any atom is 0.261 e. The summed E-state index contributed by atoms with van der Waals surface area (Å²) in [6.45, 7) is 2.02. The number of carbonyl (C=O) groups excluding carboxylic acids is 3. The zero-order valence-corrected chi connectivity index (χ0v) is 16.3. The number of anilines is 1. The molecule has 3 amide bonds. The molecule has 1 heterocycles. The van der Waals surface area contributed by atoms with E-state index in [1.165, 1.54) is 35.2 Å². The highest BCUT2D eigenvalue weighted by Gasteiger charge is 2.35. The fourth-order valence-corrected chi connectivity index (χ4v) is 3.44. The van der Waals surface area contributed by atoms with Gasteiger partial charge in [-0.25, -0.2) is 4.39 Å². The molecule has 6 heteroatoms. The van der Waals surface area contributed by atoms with Gasteiger partial charge in [-0.2, -0.15) is 0 Å². The van der Waals surface area contributed by atoms with Crippen LogP contribution >= 0.6 is 0 Å². The molecule has 0 fully saturated rings. The van der Waals surface area contributed by atoms with Gasteiger partial charge in [-0.15, -0.1) is 0 Å². The predicted octanol–water partition coefficient (Wildman–Crippen LogP) is 4.23. The van der Waals surface area contributed by atoms with Gasteiger partial charge in [0, 0.05) is 17.8 Å². The van der Waals surface area contributed by atoms with Crippen LogP contribution in [-0.2, 0) is 6.42 Å². The van der Waals surface area contributed by atoms with Crippen molar-refractivity contribution in [2.24, 2.45) is 0 Å². The summed E-state index contributed by atoms with van der Waals surface area (Å²) in [5, 5.41) is 2.65. The number of hydrogen-bond acceptors (Lipinski definition) is 3. The Bertz CT molecular complexity index is 1160. The Labute approximate surface area is 173 Å². The first-order valence-electron chi connectivity index (χ1n) is 9.56. The Morgan fingerprint density at radius 2 is 1.67 bits per heavy atom. The first kappa shape index (κ1) is 19.5. The van der Waals surface area contributed by atoms with E-state index in [1.54, 1.807) is 13.0 Å². The Morgan fingerprint density at radius 1 is 0.933 bits per heavy atom. The van der Waals surface area contributed by atoms with Crippen LogP contribution in [0.5, 0.6) is 0 Å². The molecule has 0 atom stereocenters. The third kappa shape index (κ3) is 3.72. The second kappa shape index (κ2) is 7.91. The molecule has 0 saturated carbocycles. The second-order valence-electron chi connectivity index (χ2n) is 7.17. The molecule has 1 aliphatic heterocycles. The minimum absolute atomic E-state index is 0.205. The van der Waals surface area contributed by atoms with Crippen molar-refractivity contribution in [3.63, 3.8) is 0 Å². The standard InChI is InChI=1S/C24H19FN2O3/c1-15-7-9-18(25)14-21(15)26-22(28)17-8-10-19-20(13-17)24(30)27(23(19)29)12-11-16-5-3-2-4-6-16/h2-10,13-14H,11-12H2,1H3,(H,26,28). The van der Waals surface area contributed by atoms with Gasteiger partial charge in [-0.05, 0) is 54.8 Å².